The molecule has 0 aromatic carbocycles. The fourth-order valence-electron chi connectivity index (χ4n) is 0.811. The molecular weight excluding hydrogens is 156 g/mol. The fraction of sp³-hybridized carbons (Fsp3) is 0.125. The number of carbonyl (C=O) groups is 2. The van der Waals surface area contributed by atoms with Gasteiger partial charge < -0.3 is 5.73 Å². The van der Waals surface area contributed by atoms with Crippen molar-refractivity contribution in [3.63, 3.8) is 0 Å². The lowest BCUT2D eigenvalue weighted by Gasteiger charge is -1.95. The lowest BCUT2D eigenvalue weighted by molar-refractivity contribution is -0.117. The summed E-state index contributed by atoms with van der Waals surface area (Å²) < 4.78 is 0. The highest BCUT2D eigenvalue weighted by molar-refractivity contribution is 5.77. The Balaban J connectivity index is 2.77. The van der Waals surface area contributed by atoms with Crippen LogP contribution in [0.25, 0.3) is 0 Å². The molecule has 0 aliphatic rings. The summed E-state index contributed by atoms with van der Waals surface area (Å²) in [5.74, 6) is -0.407. The third-order valence-corrected chi connectivity index (χ3v) is 1.35. The summed E-state index contributed by atoms with van der Waals surface area (Å²) in [6.45, 7) is 0. The van der Waals surface area contributed by atoms with E-state index in [-0.39, 0.29) is 6.42 Å². The van der Waals surface area contributed by atoms with Crippen molar-refractivity contribution >= 4 is 12.2 Å². The first-order chi connectivity index (χ1) is 5.72. The monoisotopic (exact) mass is 164 g/mol. The van der Waals surface area contributed by atoms with Gasteiger partial charge in [0.05, 0.1) is 6.42 Å². The number of amides is 1. The molecule has 4 nitrogen and oxygen atoms in total. The lowest BCUT2D eigenvalue weighted by Crippen LogP contribution is -2.13. The standard InChI is InChI=1S/C8H8N2O2/c9-8(12)3-6-1-2-7(5-11)10-4-6/h1-2,4-5H,3H2,(H2,9,12). The van der Waals surface area contributed by atoms with Gasteiger partial charge in [0.15, 0.2) is 6.29 Å². The van der Waals surface area contributed by atoms with E-state index in [1.165, 1.54) is 6.20 Å². The predicted molar refractivity (Wildman–Crippen MR) is 42.5 cm³/mol. The van der Waals surface area contributed by atoms with Gasteiger partial charge in [0.1, 0.15) is 5.69 Å². The highest BCUT2D eigenvalue weighted by atomic mass is 16.1. The molecule has 0 radical (unpaired) electrons. The summed E-state index contributed by atoms with van der Waals surface area (Å²) in [6.07, 6.45) is 2.27. The summed E-state index contributed by atoms with van der Waals surface area (Å²) in [6, 6.07) is 3.20. The number of nitrogens with two attached hydrogens (primary N) is 1. The van der Waals surface area contributed by atoms with E-state index >= 15 is 0 Å². The normalized spacial score (nSPS) is 9.33. The second-order valence-electron chi connectivity index (χ2n) is 2.35. The molecule has 0 spiro atoms. The lowest BCUT2D eigenvalue weighted by atomic mass is 10.2. The van der Waals surface area contributed by atoms with Crippen molar-refractivity contribution in [3.8, 4) is 0 Å². The third kappa shape index (κ3) is 2.16. The second kappa shape index (κ2) is 3.61. The SMILES string of the molecule is NC(=O)Cc1ccc(C=O)nc1. The maximum atomic E-state index is 10.4. The maximum absolute atomic E-state index is 10.4. The Kier molecular flexibility index (Phi) is 2.53. The summed E-state index contributed by atoms with van der Waals surface area (Å²) >= 11 is 0. The Morgan fingerprint density at radius 3 is 2.75 bits per heavy atom. The molecule has 1 aromatic rings. The molecule has 0 saturated carbocycles. The van der Waals surface area contributed by atoms with Gasteiger partial charge in [-0.25, -0.2) is 0 Å². The van der Waals surface area contributed by atoms with E-state index in [9.17, 15) is 9.59 Å². The van der Waals surface area contributed by atoms with Gasteiger partial charge in [0.25, 0.3) is 0 Å². The number of rotatable bonds is 3. The largest absolute Gasteiger partial charge is 0.369 e. The first-order valence-electron chi connectivity index (χ1n) is 3.41. The Labute approximate surface area is 69.4 Å². The van der Waals surface area contributed by atoms with Crippen LogP contribution >= 0.6 is 0 Å². The van der Waals surface area contributed by atoms with Gasteiger partial charge >= 0.3 is 0 Å². The Hall–Kier alpha value is -1.71. The number of aldehydes is 1. The number of aromatic nitrogens is 1. The topological polar surface area (TPSA) is 73.1 Å². The molecule has 12 heavy (non-hydrogen) atoms. The Morgan fingerprint density at radius 1 is 1.58 bits per heavy atom. The van der Waals surface area contributed by atoms with Crippen molar-refractivity contribution in [2.24, 2.45) is 5.73 Å². The zero-order valence-electron chi connectivity index (χ0n) is 6.36. The molecule has 1 heterocycles. The molecule has 0 unspecified atom stereocenters. The summed E-state index contributed by atoms with van der Waals surface area (Å²) in [5, 5.41) is 0. The van der Waals surface area contributed by atoms with Crippen LogP contribution in [0.2, 0.25) is 0 Å². The van der Waals surface area contributed by atoms with Crippen LogP contribution in [0.5, 0.6) is 0 Å². The molecule has 1 amide bonds. The van der Waals surface area contributed by atoms with Crippen molar-refractivity contribution in [1.29, 1.82) is 0 Å². The minimum atomic E-state index is -0.407. The van der Waals surface area contributed by atoms with Gasteiger partial charge in [0.2, 0.25) is 5.91 Å². The van der Waals surface area contributed by atoms with Crippen LogP contribution in [0.15, 0.2) is 18.3 Å². The number of hydrogen-bond acceptors (Lipinski definition) is 3. The van der Waals surface area contributed by atoms with E-state index in [4.69, 9.17) is 5.73 Å². The first-order valence-corrected chi connectivity index (χ1v) is 3.41. The molecule has 1 aromatic heterocycles. The van der Waals surface area contributed by atoms with Gasteiger partial charge in [-0.3, -0.25) is 14.6 Å². The highest BCUT2D eigenvalue weighted by Crippen LogP contribution is 1.98. The number of hydrogen-bond donors (Lipinski definition) is 1. The first kappa shape index (κ1) is 8.39. The van der Waals surface area contributed by atoms with E-state index in [0.29, 0.717) is 17.5 Å². The van der Waals surface area contributed by atoms with Crippen molar-refractivity contribution in [2.75, 3.05) is 0 Å². The summed E-state index contributed by atoms with van der Waals surface area (Å²) in [5.41, 5.74) is 6.02. The van der Waals surface area contributed by atoms with Gasteiger partial charge in [-0.05, 0) is 11.6 Å². The molecule has 0 saturated heterocycles. The van der Waals surface area contributed by atoms with Crippen LogP contribution in [-0.4, -0.2) is 17.2 Å². The van der Waals surface area contributed by atoms with E-state index in [1.807, 2.05) is 0 Å². The molecule has 62 valence electrons. The van der Waals surface area contributed by atoms with Crippen molar-refractivity contribution in [2.45, 2.75) is 6.42 Å². The zero-order valence-corrected chi connectivity index (χ0v) is 6.36. The van der Waals surface area contributed by atoms with Crippen LogP contribution in [0.3, 0.4) is 0 Å². The van der Waals surface area contributed by atoms with E-state index in [1.54, 1.807) is 12.1 Å². The highest BCUT2D eigenvalue weighted by Gasteiger charge is 1.98. The minimum Gasteiger partial charge on any atom is -0.369 e. The number of pyridine rings is 1. The van der Waals surface area contributed by atoms with E-state index in [2.05, 4.69) is 4.98 Å². The average Bonchev–Trinajstić information content (AvgIpc) is 2.05. The van der Waals surface area contributed by atoms with E-state index in [0.717, 1.165) is 0 Å². The zero-order chi connectivity index (χ0) is 8.97. The van der Waals surface area contributed by atoms with E-state index < -0.39 is 5.91 Å². The Bertz CT molecular complexity index is 292. The van der Waals surface area contributed by atoms with Crippen molar-refractivity contribution in [1.82, 2.24) is 4.98 Å². The summed E-state index contributed by atoms with van der Waals surface area (Å²) in [7, 11) is 0. The van der Waals surface area contributed by atoms with Gasteiger partial charge in [-0.15, -0.1) is 0 Å². The van der Waals surface area contributed by atoms with Crippen LogP contribution < -0.4 is 5.73 Å². The predicted octanol–water partition coefficient (Wildman–Crippen LogP) is -0.0781. The molecule has 0 aliphatic heterocycles. The molecule has 1 rings (SSSR count). The Morgan fingerprint density at radius 2 is 2.33 bits per heavy atom. The number of primary amides is 1. The van der Waals surface area contributed by atoms with Gasteiger partial charge in [-0.1, -0.05) is 6.07 Å². The molecule has 2 N–H and O–H groups in total. The molecule has 0 bridgehead atoms. The molecule has 0 aliphatic carbocycles. The van der Waals surface area contributed by atoms with Crippen LogP contribution in [0.4, 0.5) is 0 Å². The van der Waals surface area contributed by atoms with Crippen molar-refractivity contribution < 1.29 is 9.59 Å². The molecule has 4 heteroatoms. The fourth-order valence-corrected chi connectivity index (χ4v) is 0.811. The quantitative estimate of drug-likeness (QED) is 0.635. The van der Waals surface area contributed by atoms with Crippen LogP contribution in [0, 0.1) is 0 Å². The third-order valence-electron chi connectivity index (χ3n) is 1.35. The maximum Gasteiger partial charge on any atom is 0.221 e. The molecule has 0 atom stereocenters. The molecular formula is C8H8N2O2. The van der Waals surface area contributed by atoms with Crippen LogP contribution in [0.1, 0.15) is 16.1 Å². The van der Waals surface area contributed by atoms with Crippen LogP contribution in [-0.2, 0) is 11.2 Å². The van der Waals surface area contributed by atoms with Gasteiger partial charge in [0, 0.05) is 6.20 Å². The number of carbonyl (C=O) groups excluding carboxylic acids is 2. The average molecular weight is 164 g/mol. The second-order valence-corrected chi connectivity index (χ2v) is 2.35. The summed E-state index contributed by atoms with van der Waals surface area (Å²) in [4.78, 5) is 24.4. The smallest absolute Gasteiger partial charge is 0.221 e. The van der Waals surface area contributed by atoms with Crippen molar-refractivity contribution in [3.05, 3.63) is 29.6 Å². The van der Waals surface area contributed by atoms with Gasteiger partial charge in [-0.2, -0.15) is 0 Å². The number of nitrogens with zero attached hydrogens (tertiary/aromatic N) is 1. The molecule has 0 fully saturated rings. The minimum absolute atomic E-state index is 0.159.